The average molecular weight is 358 g/mol. The first-order valence-electron chi connectivity index (χ1n) is 8.39. The van der Waals surface area contributed by atoms with Gasteiger partial charge in [0, 0.05) is 25.8 Å². The van der Waals surface area contributed by atoms with E-state index in [-0.39, 0.29) is 30.3 Å². The zero-order valence-corrected chi connectivity index (χ0v) is 14.2. The highest BCUT2D eigenvalue weighted by Gasteiger charge is 2.24. The summed E-state index contributed by atoms with van der Waals surface area (Å²) in [5.41, 5.74) is 1.30. The highest BCUT2D eigenvalue weighted by Crippen LogP contribution is 2.34. The largest absolute Gasteiger partial charge is 0.482 e. The summed E-state index contributed by atoms with van der Waals surface area (Å²) in [6.07, 6.45) is 1.98. The number of likely N-dealkylation sites (N-methyl/N-ethyl adjacent to an activating group) is 1. The zero-order valence-electron chi connectivity index (χ0n) is 14.2. The molecule has 3 heterocycles. The maximum Gasteiger partial charge on any atom is 0.316 e. The highest BCUT2D eigenvalue weighted by atomic mass is 16.5. The summed E-state index contributed by atoms with van der Waals surface area (Å²) in [4.78, 5) is 29.5. The average Bonchev–Trinajstić information content (AvgIpc) is 3.34. The number of carbonyl (C=O) groups excluding carboxylic acids is 2. The molecule has 26 heavy (non-hydrogen) atoms. The summed E-state index contributed by atoms with van der Waals surface area (Å²) >= 11 is 0. The van der Waals surface area contributed by atoms with E-state index in [4.69, 9.17) is 14.0 Å². The number of hydrogen-bond acceptors (Lipinski definition) is 7. The van der Waals surface area contributed by atoms with Crippen LogP contribution < -0.4 is 15.0 Å². The number of nitrogens with zero attached hydrogens (tertiary/aromatic N) is 3. The van der Waals surface area contributed by atoms with Crippen LogP contribution in [-0.4, -0.2) is 54.9 Å². The number of amides is 2. The molecule has 2 amide bonds. The molecule has 0 spiro atoms. The van der Waals surface area contributed by atoms with Gasteiger partial charge in [0.2, 0.25) is 5.82 Å². The Morgan fingerprint density at radius 1 is 1.42 bits per heavy atom. The molecule has 2 aliphatic heterocycles. The van der Waals surface area contributed by atoms with Crippen LogP contribution in [0.2, 0.25) is 0 Å². The van der Waals surface area contributed by atoms with E-state index in [1.165, 1.54) is 4.90 Å². The second-order valence-electron chi connectivity index (χ2n) is 6.19. The summed E-state index contributed by atoms with van der Waals surface area (Å²) in [5, 5.41) is 6.59. The maximum atomic E-state index is 12.1. The molecule has 9 heteroatoms. The number of fused-ring (bicyclic) bond motifs is 1. The van der Waals surface area contributed by atoms with E-state index < -0.39 is 5.91 Å². The van der Waals surface area contributed by atoms with Crippen LogP contribution in [0.3, 0.4) is 0 Å². The molecular weight excluding hydrogens is 340 g/mol. The molecular formula is C17H18N4O5. The number of aromatic nitrogens is 2. The summed E-state index contributed by atoms with van der Waals surface area (Å²) in [7, 11) is 1.69. The molecule has 0 bridgehead atoms. The van der Waals surface area contributed by atoms with Crippen LogP contribution in [0.4, 0.5) is 5.69 Å². The lowest BCUT2D eigenvalue weighted by Gasteiger charge is -2.25. The van der Waals surface area contributed by atoms with Gasteiger partial charge in [0.25, 0.3) is 5.91 Å². The van der Waals surface area contributed by atoms with Crippen LogP contribution in [0.5, 0.6) is 5.75 Å². The second kappa shape index (κ2) is 6.75. The fourth-order valence-corrected chi connectivity index (χ4v) is 2.94. The molecule has 4 rings (SSSR count). The Hall–Kier alpha value is -2.94. The van der Waals surface area contributed by atoms with Crippen LogP contribution in [-0.2, 0) is 9.53 Å². The molecule has 136 valence electrons. The first kappa shape index (κ1) is 16.5. The smallest absolute Gasteiger partial charge is 0.316 e. The van der Waals surface area contributed by atoms with E-state index in [0.717, 1.165) is 19.4 Å². The van der Waals surface area contributed by atoms with Crippen molar-refractivity contribution in [2.75, 3.05) is 31.7 Å². The molecule has 1 saturated heterocycles. The Labute approximate surface area is 149 Å². The van der Waals surface area contributed by atoms with Crippen molar-refractivity contribution in [2.45, 2.75) is 18.9 Å². The number of benzene rings is 1. The summed E-state index contributed by atoms with van der Waals surface area (Å²) < 4.78 is 16.0. The van der Waals surface area contributed by atoms with Crippen molar-refractivity contribution in [3.63, 3.8) is 0 Å². The molecule has 1 fully saturated rings. The lowest BCUT2D eigenvalue weighted by molar-refractivity contribution is -0.120. The molecule has 1 aromatic heterocycles. The monoisotopic (exact) mass is 358 g/mol. The van der Waals surface area contributed by atoms with Crippen molar-refractivity contribution in [1.29, 1.82) is 0 Å². The molecule has 1 N–H and O–H groups in total. The van der Waals surface area contributed by atoms with Gasteiger partial charge in [0.05, 0.1) is 11.8 Å². The lowest BCUT2D eigenvalue weighted by atomic mass is 10.1. The van der Waals surface area contributed by atoms with E-state index in [1.807, 2.05) is 0 Å². The molecule has 0 unspecified atom stereocenters. The van der Waals surface area contributed by atoms with Gasteiger partial charge in [-0.05, 0) is 31.0 Å². The van der Waals surface area contributed by atoms with Crippen molar-refractivity contribution in [2.24, 2.45) is 0 Å². The summed E-state index contributed by atoms with van der Waals surface area (Å²) in [6, 6.07) is 5.21. The maximum absolute atomic E-state index is 12.1. The Morgan fingerprint density at radius 3 is 3.12 bits per heavy atom. The van der Waals surface area contributed by atoms with Gasteiger partial charge in [-0.3, -0.25) is 9.59 Å². The number of ether oxygens (including phenoxy) is 2. The number of anilines is 1. The molecule has 2 aliphatic rings. The van der Waals surface area contributed by atoms with E-state index in [0.29, 0.717) is 23.5 Å². The van der Waals surface area contributed by atoms with Gasteiger partial charge in [-0.1, -0.05) is 5.16 Å². The Morgan fingerprint density at radius 2 is 2.31 bits per heavy atom. The number of nitrogens with one attached hydrogen (secondary N) is 1. The van der Waals surface area contributed by atoms with Gasteiger partial charge < -0.3 is 24.2 Å². The van der Waals surface area contributed by atoms with Crippen molar-refractivity contribution in [3.8, 4) is 17.1 Å². The molecule has 0 radical (unpaired) electrons. The molecule has 1 atom stereocenters. The first-order chi connectivity index (χ1) is 12.6. The minimum Gasteiger partial charge on any atom is -0.482 e. The van der Waals surface area contributed by atoms with Gasteiger partial charge in [-0.15, -0.1) is 0 Å². The third-order valence-corrected chi connectivity index (χ3v) is 4.44. The Balaban J connectivity index is 1.47. The Kier molecular flexibility index (Phi) is 4.29. The lowest BCUT2D eigenvalue weighted by Crippen LogP contribution is -2.35. The SMILES string of the molecule is CN1C(=O)COc2cc(-c3noc(C(=O)NC[C@@H]4CCCO4)n3)ccc21. The normalized spacial score (nSPS) is 19.2. The van der Waals surface area contributed by atoms with Crippen LogP contribution in [0.25, 0.3) is 11.4 Å². The number of carbonyl (C=O) groups is 2. The summed E-state index contributed by atoms with van der Waals surface area (Å²) in [6.45, 7) is 1.13. The fourth-order valence-electron chi connectivity index (χ4n) is 2.94. The quantitative estimate of drug-likeness (QED) is 0.869. The van der Waals surface area contributed by atoms with E-state index in [2.05, 4.69) is 15.5 Å². The predicted molar refractivity (Wildman–Crippen MR) is 89.9 cm³/mol. The third-order valence-electron chi connectivity index (χ3n) is 4.44. The van der Waals surface area contributed by atoms with Crippen molar-refractivity contribution >= 4 is 17.5 Å². The molecule has 2 aromatic rings. The topological polar surface area (TPSA) is 107 Å². The minimum absolute atomic E-state index is 0.0178. The molecule has 0 aliphatic carbocycles. The van der Waals surface area contributed by atoms with Crippen LogP contribution >= 0.6 is 0 Å². The first-order valence-corrected chi connectivity index (χ1v) is 8.39. The number of rotatable bonds is 4. The second-order valence-corrected chi connectivity index (χ2v) is 6.19. The van der Waals surface area contributed by atoms with Crippen LogP contribution in [0.15, 0.2) is 22.7 Å². The number of hydrogen-bond donors (Lipinski definition) is 1. The van der Waals surface area contributed by atoms with E-state index >= 15 is 0 Å². The predicted octanol–water partition coefficient (Wildman–Crippen LogP) is 1.00. The van der Waals surface area contributed by atoms with Crippen molar-refractivity contribution in [1.82, 2.24) is 15.5 Å². The Bertz CT molecular complexity index is 843. The van der Waals surface area contributed by atoms with Crippen LogP contribution in [0, 0.1) is 0 Å². The van der Waals surface area contributed by atoms with Crippen molar-refractivity contribution in [3.05, 3.63) is 24.1 Å². The van der Waals surface area contributed by atoms with Gasteiger partial charge >= 0.3 is 11.8 Å². The highest BCUT2D eigenvalue weighted by molar-refractivity contribution is 5.97. The van der Waals surface area contributed by atoms with Crippen LogP contribution in [0.1, 0.15) is 23.5 Å². The molecule has 0 saturated carbocycles. The van der Waals surface area contributed by atoms with Crippen molar-refractivity contribution < 1.29 is 23.6 Å². The van der Waals surface area contributed by atoms with Gasteiger partial charge in [0.1, 0.15) is 5.75 Å². The van der Waals surface area contributed by atoms with Gasteiger partial charge in [-0.2, -0.15) is 4.98 Å². The molecule has 1 aromatic carbocycles. The standard InChI is InChI=1S/C17H18N4O5/c1-21-12-5-4-10(7-13(12)25-9-14(21)22)15-19-17(26-20-15)16(23)18-8-11-3-2-6-24-11/h4-5,7,11H,2-3,6,8-9H2,1H3,(H,18,23)/t11-/m0/s1. The van der Waals surface area contributed by atoms with E-state index in [9.17, 15) is 9.59 Å². The minimum atomic E-state index is -0.432. The summed E-state index contributed by atoms with van der Waals surface area (Å²) in [5.74, 6) is 0.176. The van der Waals surface area contributed by atoms with E-state index in [1.54, 1.807) is 25.2 Å². The fraction of sp³-hybridized carbons (Fsp3) is 0.412. The third kappa shape index (κ3) is 3.13. The van der Waals surface area contributed by atoms with Gasteiger partial charge in [0.15, 0.2) is 6.61 Å². The zero-order chi connectivity index (χ0) is 18.1. The molecule has 9 nitrogen and oxygen atoms in total. The van der Waals surface area contributed by atoms with Gasteiger partial charge in [-0.25, -0.2) is 0 Å².